The topological polar surface area (TPSA) is 65.8 Å². The van der Waals surface area contributed by atoms with Gasteiger partial charge in [-0.15, -0.1) is 0 Å². The number of carbonyl (C=O) groups is 1. The maximum atomic E-state index is 13.4. The highest BCUT2D eigenvalue weighted by Gasteiger charge is 2.56. The zero-order valence-electron chi connectivity index (χ0n) is 18.3. The highest BCUT2D eigenvalue weighted by Crippen LogP contribution is 2.58. The molecule has 5 rings (SSSR count). The predicted octanol–water partition coefficient (Wildman–Crippen LogP) is 4.18. The molecule has 1 saturated heterocycles. The Morgan fingerprint density at radius 3 is 2.27 bits per heavy atom. The van der Waals surface area contributed by atoms with E-state index in [1.54, 1.807) is 11.7 Å². The van der Waals surface area contributed by atoms with Crippen LogP contribution in [-0.2, 0) is 0 Å². The standard InChI is InChI=1S/C24H26F3N3O3/c1-28-18-9-13-23(11-7-16(8-12-23)24(25,26)27)21(15-5-3-2-4-6-15)30(18)29-14-10-17(31)20(32)19(29)22(28)33/h2-6,10,14,16,18,21,32H,7-9,11-13H2,1H3. The zero-order valence-corrected chi connectivity index (χ0v) is 18.3. The maximum absolute atomic E-state index is 13.4. The first-order chi connectivity index (χ1) is 15.6. The number of alkyl halides is 3. The summed E-state index contributed by atoms with van der Waals surface area (Å²) in [7, 11) is 1.64. The molecule has 1 spiro atoms. The van der Waals surface area contributed by atoms with E-state index in [4.69, 9.17) is 0 Å². The van der Waals surface area contributed by atoms with E-state index in [9.17, 15) is 27.9 Å². The first-order valence-corrected chi connectivity index (χ1v) is 11.3. The molecule has 2 unspecified atom stereocenters. The molecule has 3 aliphatic rings. The van der Waals surface area contributed by atoms with Crippen LogP contribution in [0.15, 0.2) is 47.4 Å². The third-order valence-electron chi connectivity index (χ3n) is 7.88. The molecule has 2 fully saturated rings. The molecule has 1 amide bonds. The van der Waals surface area contributed by atoms with Crippen LogP contribution in [0.4, 0.5) is 13.2 Å². The lowest BCUT2D eigenvalue weighted by Gasteiger charge is -2.60. The second kappa shape index (κ2) is 7.53. The van der Waals surface area contributed by atoms with Crippen molar-refractivity contribution in [2.45, 2.75) is 56.9 Å². The Morgan fingerprint density at radius 1 is 1.00 bits per heavy atom. The van der Waals surface area contributed by atoms with Gasteiger partial charge in [-0.2, -0.15) is 13.2 Å². The lowest BCUT2D eigenvalue weighted by atomic mass is 9.60. The molecular weight excluding hydrogens is 435 g/mol. The minimum absolute atomic E-state index is 0.0718. The summed E-state index contributed by atoms with van der Waals surface area (Å²) in [6.07, 6.45) is -0.792. The van der Waals surface area contributed by atoms with E-state index in [1.165, 1.54) is 17.2 Å². The number of aromatic hydroxyl groups is 1. The fraction of sp³-hybridized carbons (Fsp3) is 0.500. The van der Waals surface area contributed by atoms with Gasteiger partial charge in [0.15, 0.2) is 11.4 Å². The number of piperidine rings is 1. The minimum Gasteiger partial charge on any atom is -0.502 e. The maximum Gasteiger partial charge on any atom is 0.391 e. The molecule has 1 aromatic carbocycles. The number of benzene rings is 1. The summed E-state index contributed by atoms with van der Waals surface area (Å²) in [5.41, 5.74) is -0.227. The summed E-state index contributed by atoms with van der Waals surface area (Å²) in [5.74, 6) is -2.36. The van der Waals surface area contributed by atoms with Crippen LogP contribution in [-0.4, -0.2) is 40.0 Å². The third kappa shape index (κ3) is 3.31. The smallest absolute Gasteiger partial charge is 0.391 e. The van der Waals surface area contributed by atoms with E-state index in [-0.39, 0.29) is 30.7 Å². The fourth-order valence-corrected chi connectivity index (χ4v) is 6.17. The molecule has 2 aliphatic heterocycles. The van der Waals surface area contributed by atoms with E-state index >= 15 is 0 Å². The average molecular weight is 461 g/mol. The Morgan fingerprint density at radius 2 is 1.64 bits per heavy atom. The van der Waals surface area contributed by atoms with E-state index in [0.29, 0.717) is 25.7 Å². The SMILES string of the molecule is CN1C(=O)c2c(O)c(=O)ccn2N2C1CCC1(CCC(C(F)(F)F)CC1)C2c1ccccc1. The van der Waals surface area contributed by atoms with Gasteiger partial charge in [0.05, 0.1) is 12.0 Å². The van der Waals surface area contributed by atoms with E-state index in [2.05, 4.69) is 0 Å². The number of hydrogen-bond acceptors (Lipinski definition) is 4. The number of nitrogens with zero attached hydrogens (tertiary/aromatic N) is 3. The number of amides is 1. The molecule has 1 aromatic heterocycles. The molecular formula is C24H26F3N3O3. The molecule has 1 aliphatic carbocycles. The van der Waals surface area contributed by atoms with E-state index in [0.717, 1.165) is 5.56 Å². The van der Waals surface area contributed by atoms with E-state index < -0.39 is 34.6 Å². The monoisotopic (exact) mass is 461 g/mol. The van der Waals surface area contributed by atoms with Crippen LogP contribution in [0, 0.1) is 11.3 Å². The van der Waals surface area contributed by atoms with Crippen molar-refractivity contribution in [2.75, 3.05) is 12.1 Å². The number of hydrogen-bond donors (Lipinski definition) is 1. The zero-order chi connectivity index (χ0) is 23.5. The van der Waals surface area contributed by atoms with Gasteiger partial charge in [-0.1, -0.05) is 30.3 Å². The lowest BCUT2D eigenvalue weighted by molar-refractivity contribution is -0.190. The van der Waals surface area contributed by atoms with Crippen molar-refractivity contribution >= 4 is 5.91 Å². The summed E-state index contributed by atoms with van der Waals surface area (Å²) in [6, 6.07) is 10.5. The molecule has 2 atom stereocenters. The summed E-state index contributed by atoms with van der Waals surface area (Å²) >= 11 is 0. The number of pyridine rings is 1. The highest BCUT2D eigenvalue weighted by atomic mass is 19.4. The molecule has 33 heavy (non-hydrogen) atoms. The number of rotatable bonds is 1. The van der Waals surface area contributed by atoms with Crippen LogP contribution < -0.4 is 10.4 Å². The van der Waals surface area contributed by atoms with Gasteiger partial charge in [0, 0.05) is 19.3 Å². The number of aromatic nitrogens is 1. The van der Waals surface area contributed by atoms with Crippen LogP contribution in [0.2, 0.25) is 0 Å². The molecule has 3 heterocycles. The normalized spacial score (nSPS) is 29.7. The third-order valence-corrected chi connectivity index (χ3v) is 7.88. The van der Waals surface area contributed by atoms with Crippen molar-refractivity contribution in [3.8, 4) is 5.75 Å². The Kier molecular flexibility index (Phi) is 4.99. The second-order valence-corrected chi connectivity index (χ2v) is 9.53. The van der Waals surface area contributed by atoms with Gasteiger partial charge in [0.2, 0.25) is 5.43 Å². The first kappa shape index (κ1) is 21.9. The number of halogens is 3. The van der Waals surface area contributed by atoms with Gasteiger partial charge < -0.3 is 10.0 Å². The molecule has 9 heteroatoms. The first-order valence-electron chi connectivity index (χ1n) is 11.3. The van der Waals surface area contributed by atoms with Crippen LogP contribution in [0.3, 0.4) is 0 Å². The predicted molar refractivity (Wildman–Crippen MR) is 115 cm³/mol. The number of carbonyl (C=O) groups excluding carboxylic acids is 1. The van der Waals surface area contributed by atoms with Gasteiger partial charge in [-0.05, 0) is 49.5 Å². The molecule has 1 N–H and O–H groups in total. The molecule has 176 valence electrons. The van der Waals surface area contributed by atoms with Gasteiger partial charge in [0.1, 0.15) is 6.17 Å². The Hall–Kier alpha value is -2.97. The van der Waals surface area contributed by atoms with Crippen molar-refractivity contribution < 1.29 is 23.1 Å². The summed E-state index contributed by atoms with van der Waals surface area (Å²) in [6.45, 7) is 0. The van der Waals surface area contributed by atoms with Gasteiger partial charge >= 0.3 is 6.18 Å². The Labute approximate surface area is 189 Å². The lowest BCUT2D eigenvalue weighted by Crippen LogP contribution is -2.66. The van der Waals surface area contributed by atoms with Crippen molar-refractivity contribution in [3.63, 3.8) is 0 Å². The molecule has 2 aromatic rings. The minimum atomic E-state index is -4.20. The van der Waals surface area contributed by atoms with Crippen molar-refractivity contribution in [1.82, 2.24) is 9.58 Å². The van der Waals surface area contributed by atoms with Crippen molar-refractivity contribution in [1.29, 1.82) is 0 Å². The summed E-state index contributed by atoms with van der Waals surface area (Å²) < 4.78 is 41.9. The fourth-order valence-electron chi connectivity index (χ4n) is 6.17. The van der Waals surface area contributed by atoms with Crippen LogP contribution in [0.5, 0.6) is 5.75 Å². The number of fused-ring (bicyclic) bond motifs is 3. The average Bonchev–Trinajstić information content (AvgIpc) is 2.79. The largest absolute Gasteiger partial charge is 0.502 e. The van der Waals surface area contributed by atoms with Crippen LogP contribution >= 0.6 is 0 Å². The second-order valence-electron chi connectivity index (χ2n) is 9.53. The Bertz CT molecular complexity index is 1120. The highest BCUT2D eigenvalue weighted by molar-refractivity contribution is 5.96. The van der Waals surface area contributed by atoms with Crippen molar-refractivity contribution in [2.24, 2.45) is 11.3 Å². The molecule has 0 radical (unpaired) electrons. The van der Waals surface area contributed by atoms with Crippen LogP contribution in [0.25, 0.3) is 0 Å². The molecule has 6 nitrogen and oxygen atoms in total. The van der Waals surface area contributed by atoms with Gasteiger partial charge in [-0.3, -0.25) is 19.3 Å². The van der Waals surface area contributed by atoms with Gasteiger partial charge in [0.25, 0.3) is 5.91 Å². The molecule has 1 saturated carbocycles. The summed E-state index contributed by atoms with van der Waals surface area (Å²) in [4.78, 5) is 26.7. The molecule has 0 bridgehead atoms. The van der Waals surface area contributed by atoms with Crippen molar-refractivity contribution in [3.05, 3.63) is 64.1 Å². The summed E-state index contributed by atoms with van der Waals surface area (Å²) in [5, 5.41) is 12.5. The quantitative estimate of drug-likeness (QED) is 0.692. The van der Waals surface area contributed by atoms with Crippen LogP contribution in [0.1, 0.15) is 60.6 Å². The Balaban J connectivity index is 1.66. The van der Waals surface area contributed by atoms with Gasteiger partial charge in [-0.25, -0.2) is 0 Å². The van der Waals surface area contributed by atoms with E-state index in [1.807, 2.05) is 35.3 Å².